The van der Waals surface area contributed by atoms with Gasteiger partial charge in [0.25, 0.3) is 0 Å². The molecule has 66 valence electrons. The van der Waals surface area contributed by atoms with Crippen molar-refractivity contribution < 1.29 is 0 Å². The van der Waals surface area contributed by atoms with Crippen molar-refractivity contribution in [2.24, 2.45) is 0 Å². The van der Waals surface area contributed by atoms with Crippen LogP contribution in [0.1, 0.15) is 44.3 Å². The molecule has 0 atom stereocenters. The summed E-state index contributed by atoms with van der Waals surface area (Å²) < 4.78 is 3.37. The number of hydrogen-bond donors (Lipinski definition) is 0. The summed E-state index contributed by atoms with van der Waals surface area (Å²) >= 11 is 2.36. The summed E-state index contributed by atoms with van der Waals surface area (Å²) in [4.78, 5) is 0. The van der Waals surface area contributed by atoms with E-state index in [2.05, 4.69) is 52.3 Å². The molecule has 0 amide bonds. The lowest BCUT2D eigenvalue weighted by Gasteiger charge is -2.05. The molecule has 0 unspecified atom stereocenters. The maximum absolute atomic E-state index is 4.58. The Bertz CT molecular complexity index is 287. The van der Waals surface area contributed by atoms with Gasteiger partial charge in [-0.1, -0.05) is 0 Å². The third kappa shape index (κ3) is 1.51. The Kier molecular flexibility index (Phi) is 2.14. The molecule has 1 aliphatic rings. The molecule has 0 radical (unpaired) electrons. The molecule has 1 heterocycles. The lowest BCUT2D eigenvalue weighted by Crippen LogP contribution is -2.04. The Morgan fingerprint density at radius 2 is 2.25 bits per heavy atom. The Morgan fingerprint density at radius 1 is 1.58 bits per heavy atom. The van der Waals surface area contributed by atoms with Crippen LogP contribution in [0.2, 0.25) is 0 Å². The van der Waals surface area contributed by atoms with Crippen LogP contribution in [0.5, 0.6) is 0 Å². The zero-order chi connectivity index (χ0) is 8.72. The van der Waals surface area contributed by atoms with Crippen LogP contribution in [0.3, 0.4) is 0 Å². The lowest BCUT2D eigenvalue weighted by molar-refractivity contribution is 0.515. The summed E-state index contributed by atoms with van der Waals surface area (Å²) in [5.41, 5.74) is 1.30. The van der Waals surface area contributed by atoms with Crippen molar-refractivity contribution in [3.63, 3.8) is 0 Å². The molecule has 0 bridgehead atoms. The van der Waals surface area contributed by atoms with Crippen molar-refractivity contribution in [3.05, 3.63) is 15.5 Å². The molecule has 3 heteroatoms. The number of nitrogens with zero attached hydrogens (tertiary/aromatic N) is 2. The fourth-order valence-electron chi connectivity index (χ4n) is 1.33. The van der Waals surface area contributed by atoms with Crippen LogP contribution in [-0.4, -0.2) is 9.78 Å². The van der Waals surface area contributed by atoms with Crippen LogP contribution in [-0.2, 0) is 0 Å². The number of hydrogen-bond acceptors (Lipinski definition) is 1. The van der Waals surface area contributed by atoms with Gasteiger partial charge in [0, 0.05) is 12.0 Å². The molecular formula is C9H13IN2. The second kappa shape index (κ2) is 3.01. The highest BCUT2D eigenvalue weighted by atomic mass is 127. The Hall–Kier alpha value is -0.0600. The highest BCUT2D eigenvalue weighted by Gasteiger charge is 2.27. The molecule has 2 nitrogen and oxygen atoms in total. The molecule has 1 aliphatic carbocycles. The molecular weight excluding hydrogens is 263 g/mol. The van der Waals surface area contributed by atoms with E-state index in [1.807, 2.05) is 0 Å². The van der Waals surface area contributed by atoms with E-state index in [9.17, 15) is 0 Å². The molecule has 0 aromatic carbocycles. The van der Waals surface area contributed by atoms with Gasteiger partial charge in [-0.25, -0.2) is 0 Å². The number of aromatic nitrogens is 2. The van der Waals surface area contributed by atoms with Gasteiger partial charge in [-0.2, -0.15) is 5.10 Å². The minimum Gasteiger partial charge on any atom is -0.257 e. The first-order valence-corrected chi connectivity index (χ1v) is 5.51. The molecule has 0 saturated heterocycles. The first kappa shape index (κ1) is 8.53. The smallest absolute Gasteiger partial charge is 0.0995 e. The van der Waals surface area contributed by atoms with Crippen molar-refractivity contribution >= 4 is 22.6 Å². The summed E-state index contributed by atoms with van der Waals surface area (Å²) in [5, 5.41) is 4.58. The van der Waals surface area contributed by atoms with Gasteiger partial charge in [0.05, 0.1) is 9.39 Å². The highest BCUT2D eigenvalue weighted by molar-refractivity contribution is 14.1. The molecule has 0 spiro atoms. The quantitative estimate of drug-likeness (QED) is 0.759. The van der Waals surface area contributed by atoms with E-state index in [-0.39, 0.29) is 0 Å². The van der Waals surface area contributed by atoms with Gasteiger partial charge in [0.1, 0.15) is 0 Å². The average molecular weight is 276 g/mol. The van der Waals surface area contributed by atoms with Gasteiger partial charge in [0.15, 0.2) is 0 Å². The summed E-state index contributed by atoms with van der Waals surface area (Å²) in [6.45, 7) is 4.34. The standard InChI is InChI=1S/C9H13IN2/c1-6(2)12-9(10)5-8(11-12)7-3-4-7/h5-7H,3-4H2,1-2H3. The van der Waals surface area contributed by atoms with Gasteiger partial charge in [0.2, 0.25) is 0 Å². The van der Waals surface area contributed by atoms with Gasteiger partial charge >= 0.3 is 0 Å². The van der Waals surface area contributed by atoms with Crippen LogP contribution in [0.4, 0.5) is 0 Å². The first-order chi connectivity index (χ1) is 5.68. The van der Waals surface area contributed by atoms with E-state index >= 15 is 0 Å². The van der Waals surface area contributed by atoms with Gasteiger partial charge in [-0.15, -0.1) is 0 Å². The molecule has 0 N–H and O–H groups in total. The number of halogens is 1. The van der Waals surface area contributed by atoms with E-state index in [1.165, 1.54) is 22.2 Å². The largest absolute Gasteiger partial charge is 0.257 e. The predicted molar refractivity (Wildman–Crippen MR) is 57.3 cm³/mol. The molecule has 1 saturated carbocycles. The topological polar surface area (TPSA) is 17.8 Å². The van der Waals surface area contributed by atoms with Crippen LogP contribution in [0, 0.1) is 3.70 Å². The van der Waals surface area contributed by atoms with Crippen molar-refractivity contribution in [2.45, 2.75) is 38.6 Å². The second-order valence-electron chi connectivity index (χ2n) is 3.70. The summed E-state index contributed by atoms with van der Waals surface area (Å²) in [7, 11) is 0. The summed E-state index contributed by atoms with van der Waals surface area (Å²) in [6, 6.07) is 2.71. The Labute approximate surface area is 86.5 Å². The molecule has 2 rings (SSSR count). The monoisotopic (exact) mass is 276 g/mol. The van der Waals surface area contributed by atoms with E-state index in [0.717, 1.165) is 5.92 Å². The van der Waals surface area contributed by atoms with Crippen LogP contribution in [0.25, 0.3) is 0 Å². The maximum atomic E-state index is 4.58. The van der Waals surface area contributed by atoms with E-state index in [1.54, 1.807) is 0 Å². The fraction of sp³-hybridized carbons (Fsp3) is 0.667. The van der Waals surface area contributed by atoms with Crippen molar-refractivity contribution in [2.75, 3.05) is 0 Å². The normalized spacial score (nSPS) is 17.3. The Morgan fingerprint density at radius 3 is 2.67 bits per heavy atom. The second-order valence-corrected chi connectivity index (χ2v) is 4.81. The SMILES string of the molecule is CC(C)n1nc(C2CC2)cc1I. The maximum Gasteiger partial charge on any atom is 0.0995 e. The van der Waals surface area contributed by atoms with Gasteiger partial charge in [-0.05, 0) is 55.3 Å². The van der Waals surface area contributed by atoms with E-state index in [4.69, 9.17) is 0 Å². The number of rotatable bonds is 2. The van der Waals surface area contributed by atoms with Crippen LogP contribution in [0.15, 0.2) is 6.07 Å². The third-order valence-electron chi connectivity index (χ3n) is 2.19. The minimum absolute atomic E-state index is 0.490. The third-order valence-corrected chi connectivity index (χ3v) is 3.00. The Balaban J connectivity index is 2.30. The minimum atomic E-state index is 0.490. The predicted octanol–water partition coefficient (Wildman–Crippen LogP) is 2.95. The average Bonchev–Trinajstić information content (AvgIpc) is 2.75. The van der Waals surface area contributed by atoms with E-state index < -0.39 is 0 Å². The lowest BCUT2D eigenvalue weighted by atomic mass is 10.3. The van der Waals surface area contributed by atoms with Crippen LogP contribution < -0.4 is 0 Å². The molecule has 1 fully saturated rings. The van der Waals surface area contributed by atoms with Crippen molar-refractivity contribution in [3.8, 4) is 0 Å². The van der Waals surface area contributed by atoms with Crippen molar-refractivity contribution in [1.82, 2.24) is 9.78 Å². The molecule has 0 aliphatic heterocycles. The molecule has 1 aromatic rings. The van der Waals surface area contributed by atoms with Gasteiger partial charge < -0.3 is 0 Å². The summed E-state index contributed by atoms with van der Waals surface area (Å²) in [6.07, 6.45) is 2.68. The molecule has 12 heavy (non-hydrogen) atoms. The van der Waals surface area contributed by atoms with Crippen LogP contribution >= 0.6 is 22.6 Å². The highest BCUT2D eigenvalue weighted by Crippen LogP contribution is 2.39. The zero-order valence-corrected chi connectivity index (χ0v) is 9.58. The van der Waals surface area contributed by atoms with Crippen molar-refractivity contribution in [1.29, 1.82) is 0 Å². The first-order valence-electron chi connectivity index (χ1n) is 4.43. The van der Waals surface area contributed by atoms with Gasteiger partial charge in [-0.3, -0.25) is 4.68 Å². The molecule has 1 aromatic heterocycles. The summed E-state index contributed by atoms with van der Waals surface area (Å²) in [5.74, 6) is 0.776. The fourth-order valence-corrected chi connectivity index (χ4v) is 2.31. The van der Waals surface area contributed by atoms with E-state index in [0.29, 0.717) is 6.04 Å². The zero-order valence-electron chi connectivity index (χ0n) is 7.42.